The molecule has 1 aliphatic carbocycles. The molecule has 16 heavy (non-hydrogen) atoms. The topological polar surface area (TPSA) is 61.0 Å². The summed E-state index contributed by atoms with van der Waals surface area (Å²) in [4.78, 5) is 7.92. The number of nitrogen functional groups attached to an aromatic ring is 1. The van der Waals surface area contributed by atoms with Crippen LogP contribution in [0.1, 0.15) is 33.1 Å². The van der Waals surface area contributed by atoms with Gasteiger partial charge in [0, 0.05) is 6.07 Å². The predicted octanol–water partition coefficient (Wildman–Crippen LogP) is 2.26. The maximum atomic E-state index is 5.85. The van der Waals surface area contributed by atoms with E-state index in [-0.39, 0.29) is 6.10 Å². The van der Waals surface area contributed by atoms with Gasteiger partial charge in [0.2, 0.25) is 5.88 Å². The van der Waals surface area contributed by atoms with E-state index in [0.717, 1.165) is 24.7 Å². The Hall–Kier alpha value is -1.32. The third kappa shape index (κ3) is 2.84. The van der Waals surface area contributed by atoms with Crippen molar-refractivity contribution in [2.24, 2.45) is 11.8 Å². The molecule has 0 bridgehead atoms. The van der Waals surface area contributed by atoms with Gasteiger partial charge in [-0.1, -0.05) is 13.8 Å². The molecule has 0 aliphatic heterocycles. The molecular weight excluding hydrogens is 202 g/mol. The molecule has 88 valence electrons. The zero-order chi connectivity index (χ0) is 11.5. The van der Waals surface area contributed by atoms with Gasteiger partial charge in [0.1, 0.15) is 18.2 Å². The first-order valence-electron chi connectivity index (χ1n) is 5.87. The van der Waals surface area contributed by atoms with Crippen LogP contribution in [0.25, 0.3) is 0 Å². The lowest BCUT2D eigenvalue weighted by Crippen LogP contribution is -2.28. The molecule has 4 nitrogen and oxygen atoms in total. The molecule has 0 amide bonds. The highest BCUT2D eigenvalue weighted by atomic mass is 16.5. The van der Waals surface area contributed by atoms with Crippen molar-refractivity contribution in [2.75, 3.05) is 5.73 Å². The van der Waals surface area contributed by atoms with Crippen molar-refractivity contribution < 1.29 is 4.74 Å². The molecule has 1 heterocycles. The molecule has 0 aromatic carbocycles. The second-order valence-corrected chi connectivity index (χ2v) is 4.94. The van der Waals surface area contributed by atoms with Crippen molar-refractivity contribution in [3.05, 3.63) is 12.4 Å². The number of anilines is 1. The Morgan fingerprint density at radius 1 is 1.19 bits per heavy atom. The third-order valence-electron chi connectivity index (χ3n) is 3.09. The van der Waals surface area contributed by atoms with Crippen LogP contribution in [0.2, 0.25) is 0 Å². The first-order chi connectivity index (χ1) is 7.63. The summed E-state index contributed by atoms with van der Waals surface area (Å²) in [5, 5.41) is 0. The molecule has 1 fully saturated rings. The molecule has 1 aromatic rings. The highest BCUT2D eigenvalue weighted by Crippen LogP contribution is 2.30. The fraction of sp³-hybridized carbons (Fsp3) is 0.667. The lowest BCUT2D eigenvalue weighted by atomic mass is 9.82. The van der Waals surface area contributed by atoms with Gasteiger partial charge >= 0.3 is 0 Å². The Bertz CT molecular complexity index is 346. The van der Waals surface area contributed by atoms with Crippen LogP contribution in [0.5, 0.6) is 5.88 Å². The quantitative estimate of drug-likeness (QED) is 0.832. The van der Waals surface area contributed by atoms with Crippen LogP contribution in [0.4, 0.5) is 5.82 Å². The molecule has 0 saturated heterocycles. The SMILES string of the molecule is CC1CC(C)CC(Oc2cc(N)ncn2)C1. The minimum atomic E-state index is 0.271. The smallest absolute Gasteiger partial charge is 0.218 e. The molecule has 1 saturated carbocycles. The van der Waals surface area contributed by atoms with Gasteiger partial charge in [-0.3, -0.25) is 0 Å². The zero-order valence-corrected chi connectivity index (χ0v) is 9.89. The molecule has 2 rings (SSSR count). The van der Waals surface area contributed by atoms with Gasteiger partial charge in [-0.2, -0.15) is 0 Å². The van der Waals surface area contributed by atoms with Crippen LogP contribution in [-0.4, -0.2) is 16.1 Å². The van der Waals surface area contributed by atoms with Crippen molar-refractivity contribution in [1.82, 2.24) is 9.97 Å². The van der Waals surface area contributed by atoms with E-state index in [1.165, 1.54) is 12.7 Å². The standard InChI is InChI=1S/C12H19N3O/c1-8-3-9(2)5-10(4-8)16-12-6-11(13)14-7-15-12/h6-10H,3-5H2,1-2H3,(H2,13,14,15). The van der Waals surface area contributed by atoms with E-state index in [0.29, 0.717) is 11.7 Å². The second kappa shape index (κ2) is 4.68. The Kier molecular flexibility index (Phi) is 3.27. The Morgan fingerprint density at radius 2 is 1.88 bits per heavy atom. The van der Waals surface area contributed by atoms with Crippen LogP contribution in [0.3, 0.4) is 0 Å². The van der Waals surface area contributed by atoms with E-state index in [1.54, 1.807) is 6.07 Å². The van der Waals surface area contributed by atoms with E-state index >= 15 is 0 Å². The van der Waals surface area contributed by atoms with Crippen LogP contribution in [-0.2, 0) is 0 Å². The fourth-order valence-electron chi connectivity index (χ4n) is 2.56. The van der Waals surface area contributed by atoms with E-state index in [1.807, 2.05) is 0 Å². The lowest BCUT2D eigenvalue weighted by Gasteiger charge is -2.31. The number of aromatic nitrogens is 2. The Labute approximate surface area is 96.2 Å². The molecule has 2 N–H and O–H groups in total. The predicted molar refractivity (Wildman–Crippen MR) is 63.0 cm³/mol. The van der Waals surface area contributed by atoms with E-state index in [2.05, 4.69) is 23.8 Å². The summed E-state index contributed by atoms with van der Waals surface area (Å²) in [6, 6.07) is 1.68. The molecule has 1 aliphatic rings. The monoisotopic (exact) mass is 221 g/mol. The van der Waals surface area contributed by atoms with E-state index in [4.69, 9.17) is 10.5 Å². The lowest BCUT2D eigenvalue weighted by molar-refractivity contribution is 0.0966. The summed E-state index contributed by atoms with van der Waals surface area (Å²) in [6.45, 7) is 4.56. The summed E-state index contributed by atoms with van der Waals surface area (Å²) in [5.41, 5.74) is 5.59. The van der Waals surface area contributed by atoms with Gasteiger partial charge in [0.25, 0.3) is 0 Å². The molecule has 1 aromatic heterocycles. The molecule has 2 atom stereocenters. The molecular formula is C12H19N3O. The molecule has 4 heteroatoms. The number of hydrogen-bond donors (Lipinski definition) is 1. The van der Waals surface area contributed by atoms with Crippen LogP contribution >= 0.6 is 0 Å². The average Bonchev–Trinajstić information content (AvgIpc) is 2.15. The maximum absolute atomic E-state index is 5.85. The van der Waals surface area contributed by atoms with Gasteiger partial charge in [-0.05, 0) is 31.1 Å². The first kappa shape index (κ1) is 11.2. The number of hydrogen-bond acceptors (Lipinski definition) is 4. The molecule has 0 spiro atoms. The summed E-state index contributed by atoms with van der Waals surface area (Å²) in [5.74, 6) is 2.52. The highest BCUT2D eigenvalue weighted by molar-refractivity contribution is 5.30. The summed E-state index contributed by atoms with van der Waals surface area (Å²) in [6.07, 6.45) is 5.22. The van der Waals surface area contributed by atoms with E-state index < -0.39 is 0 Å². The van der Waals surface area contributed by atoms with Gasteiger partial charge in [-0.25, -0.2) is 9.97 Å². The minimum absolute atomic E-state index is 0.271. The second-order valence-electron chi connectivity index (χ2n) is 4.94. The van der Waals surface area contributed by atoms with Gasteiger partial charge in [0.05, 0.1) is 0 Å². The first-order valence-corrected chi connectivity index (χ1v) is 5.87. The van der Waals surface area contributed by atoms with Crippen LogP contribution in [0.15, 0.2) is 12.4 Å². The molecule has 2 unspecified atom stereocenters. The van der Waals surface area contributed by atoms with Gasteiger partial charge in [0.15, 0.2) is 0 Å². The maximum Gasteiger partial charge on any atom is 0.218 e. The summed E-state index contributed by atoms with van der Waals surface area (Å²) in [7, 11) is 0. The Balaban J connectivity index is 1.98. The van der Waals surface area contributed by atoms with Crippen LogP contribution in [0, 0.1) is 11.8 Å². The van der Waals surface area contributed by atoms with Crippen LogP contribution < -0.4 is 10.5 Å². The normalized spacial score (nSPS) is 30.0. The Morgan fingerprint density at radius 3 is 2.50 bits per heavy atom. The largest absolute Gasteiger partial charge is 0.474 e. The summed E-state index contributed by atoms with van der Waals surface area (Å²) >= 11 is 0. The number of rotatable bonds is 2. The number of nitrogens with two attached hydrogens (primary N) is 1. The van der Waals surface area contributed by atoms with E-state index in [9.17, 15) is 0 Å². The van der Waals surface area contributed by atoms with Crippen molar-refractivity contribution in [2.45, 2.75) is 39.2 Å². The third-order valence-corrected chi connectivity index (χ3v) is 3.09. The average molecular weight is 221 g/mol. The number of nitrogens with zero attached hydrogens (tertiary/aromatic N) is 2. The zero-order valence-electron chi connectivity index (χ0n) is 9.89. The van der Waals surface area contributed by atoms with Crippen molar-refractivity contribution >= 4 is 5.82 Å². The van der Waals surface area contributed by atoms with Crippen molar-refractivity contribution in [1.29, 1.82) is 0 Å². The molecule has 0 radical (unpaired) electrons. The van der Waals surface area contributed by atoms with Gasteiger partial charge < -0.3 is 10.5 Å². The van der Waals surface area contributed by atoms with Crippen molar-refractivity contribution in [3.63, 3.8) is 0 Å². The fourth-order valence-corrected chi connectivity index (χ4v) is 2.56. The van der Waals surface area contributed by atoms with Crippen molar-refractivity contribution in [3.8, 4) is 5.88 Å². The summed E-state index contributed by atoms with van der Waals surface area (Å²) < 4.78 is 5.85. The van der Waals surface area contributed by atoms with Gasteiger partial charge in [-0.15, -0.1) is 0 Å². The minimum Gasteiger partial charge on any atom is -0.474 e. The number of ether oxygens (including phenoxy) is 1. The highest BCUT2D eigenvalue weighted by Gasteiger charge is 2.25.